The molecule has 0 aromatic heterocycles. The molecular weight excluding hydrogens is 331 g/mol. The summed E-state index contributed by atoms with van der Waals surface area (Å²) >= 11 is 11.8. The van der Waals surface area contributed by atoms with Crippen LogP contribution in [0.15, 0.2) is 18.2 Å². The second kappa shape index (κ2) is 7.59. The van der Waals surface area contributed by atoms with Crippen LogP contribution in [0, 0.1) is 0 Å². The first-order chi connectivity index (χ1) is 10.4. The number of nitrogens with zero attached hydrogens (tertiary/aromatic N) is 1. The van der Waals surface area contributed by atoms with Gasteiger partial charge in [-0.2, -0.15) is 0 Å². The summed E-state index contributed by atoms with van der Waals surface area (Å²) in [6.45, 7) is 0.776. The van der Waals surface area contributed by atoms with Crippen molar-refractivity contribution in [3.8, 4) is 0 Å². The van der Waals surface area contributed by atoms with Crippen LogP contribution in [0.5, 0.6) is 0 Å². The minimum atomic E-state index is -1.14. The van der Waals surface area contributed by atoms with Gasteiger partial charge in [0.25, 0.3) is 0 Å². The van der Waals surface area contributed by atoms with Crippen molar-refractivity contribution < 1.29 is 20.1 Å². The number of aliphatic hydroxyl groups excluding tert-OH is 3. The molecule has 2 rings (SSSR count). The number of aliphatic hydroxyl groups is 3. The lowest BCUT2D eigenvalue weighted by atomic mass is 10.0. The van der Waals surface area contributed by atoms with Gasteiger partial charge in [0.1, 0.15) is 6.10 Å². The van der Waals surface area contributed by atoms with E-state index in [1.165, 1.54) is 0 Å². The summed E-state index contributed by atoms with van der Waals surface area (Å²) < 4.78 is 0. The van der Waals surface area contributed by atoms with Gasteiger partial charge in [-0.15, -0.1) is 0 Å². The van der Waals surface area contributed by atoms with Gasteiger partial charge in [0.15, 0.2) is 0 Å². The summed E-state index contributed by atoms with van der Waals surface area (Å²) in [5, 5.41) is 32.2. The molecule has 0 saturated carbocycles. The van der Waals surface area contributed by atoms with Gasteiger partial charge in [0, 0.05) is 31.1 Å². The maximum absolute atomic E-state index is 11.9. The first kappa shape index (κ1) is 17.5. The van der Waals surface area contributed by atoms with Crippen LogP contribution in [-0.4, -0.2) is 64.1 Å². The first-order valence-corrected chi connectivity index (χ1v) is 7.64. The third kappa shape index (κ3) is 4.55. The van der Waals surface area contributed by atoms with E-state index in [4.69, 9.17) is 23.2 Å². The molecule has 22 heavy (non-hydrogen) atoms. The zero-order chi connectivity index (χ0) is 16.3. The molecular formula is C14H18Cl2N2O4. The average Bonchev–Trinajstić information content (AvgIpc) is 2.46. The lowest BCUT2D eigenvalue weighted by Gasteiger charge is -2.36. The molecule has 8 heteroatoms. The number of nitrogens with one attached hydrogen (secondary N) is 1. The van der Waals surface area contributed by atoms with E-state index in [0.717, 1.165) is 0 Å². The molecule has 0 spiro atoms. The highest BCUT2D eigenvalue weighted by molar-refractivity contribution is 6.35. The zero-order valence-electron chi connectivity index (χ0n) is 11.7. The Morgan fingerprint density at radius 2 is 1.86 bits per heavy atom. The Labute approximate surface area is 138 Å². The molecule has 6 nitrogen and oxygen atoms in total. The number of benzene rings is 1. The van der Waals surface area contributed by atoms with Crippen LogP contribution in [0.4, 0.5) is 5.69 Å². The lowest BCUT2D eigenvalue weighted by Crippen LogP contribution is -2.55. The minimum absolute atomic E-state index is 0.165. The number of piperidine rings is 1. The monoisotopic (exact) mass is 348 g/mol. The number of halogens is 2. The summed E-state index contributed by atoms with van der Waals surface area (Å²) in [5.41, 5.74) is 0.438. The molecule has 3 atom stereocenters. The van der Waals surface area contributed by atoms with Gasteiger partial charge < -0.3 is 20.6 Å². The van der Waals surface area contributed by atoms with Crippen LogP contribution < -0.4 is 5.32 Å². The summed E-state index contributed by atoms with van der Waals surface area (Å²) in [7, 11) is 0. The Balaban J connectivity index is 1.84. The van der Waals surface area contributed by atoms with E-state index in [0.29, 0.717) is 22.3 Å². The number of likely N-dealkylation sites (tertiary alicyclic amines) is 1. The molecule has 122 valence electrons. The number of β-amino-alcohol motifs (C(OH)–C–C–N with tert-alkyl or cyclic N) is 2. The number of hydrogen-bond donors (Lipinski definition) is 4. The summed E-state index contributed by atoms with van der Waals surface area (Å²) in [5.74, 6) is -0.251. The second-order valence-electron chi connectivity index (χ2n) is 5.31. The summed E-state index contributed by atoms with van der Waals surface area (Å²) in [6.07, 6.45) is -3.02. The Kier molecular flexibility index (Phi) is 6.02. The predicted molar refractivity (Wildman–Crippen MR) is 84.2 cm³/mol. The van der Waals surface area contributed by atoms with E-state index in [1.807, 2.05) is 0 Å². The highest BCUT2D eigenvalue weighted by atomic mass is 35.5. The molecule has 1 fully saturated rings. The molecule has 1 aromatic rings. The highest BCUT2D eigenvalue weighted by Gasteiger charge is 2.33. The maximum Gasteiger partial charge on any atom is 0.225 e. The number of anilines is 1. The van der Waals surface area contributed by atoms with E-state index < -0.39 is 18.3 Å². The van der Waals surface area contributed by atoms with Crippen molar-refractivity contribution in [2.45, 2.75) is 24.7 Å². The fourth-order valence-electron chi connectivity index (χ4n) is 2.32. The van der Waals surface area contributed by atoms with E-state index in [2.05, 4.69) is 5.32 Å². The number of rotatable bonds is 4. The average molecular weight is 349 g/mol. The Morgan fingerprint density at radius 3 is 2.50 bits per heavy atom. The molecule has 1 unspecified atom stereocenters. The quantitative estimate of drug-likeness (QED) is 0.643. The molecule has 0 bridgehead atoms. The first-order valence-electron chi connectivity index (χ1n) is 6.88. The van der Waals surface area contributed by atoms with Crippen molar-refractivity contribution >= 4 is 34.8 Å². The molecule has 4 N–H and O–H groups in total. The van der Waals surface area contributed by atoms with Crippen molar-refractivity contribution in [1.82, 2.24) is 4.90 Å². The van der Waals surface area contributed by atoms with Gasteiger partial charge in [0.2, 0.25) is 5.91 Å². The van der Waals surface area contributed by atoms with Crippen molar-refractivity contribution in [2.75, 3.05) is 25.0 Å². The van der Waals surface area contributed by atoms with Crippen LogP contribution >= 0.6 is 23.2 Å². The van der Waals surface area contributed by atoms with Gasteiger partial charge in [-0.25, -0.2) is 0 Å². The fraction of sp³-hybridized carbons (Fsp3) is 0.500. The van der Waals surface area contributed by atoms with Crippen LogP contribution in [0.2, 0.25) is 10.0 Å². The summed E-state index contributed by atoms with van der Waals surface area (Å²) in [4.78, 5) is 13.7. The molecule has 1 aliphatic rings. The van der Waals surface area contributed by atoms with Gasteiger partial charge in [0.05, 0.1) is 22.9 Å². The fourth-order valence-corrected chi connectivity index (χ4v) is 2.66. The third-order valence-corrected chi connectivity index (χ3v) is 4.10. The highest BCUT2D eigenvalue weighted by Crippen LogP contribution is 2.25. The Bertz CT molecular complexity index is 532. The normalized spacial score (nSPS) is 26.0. The van der Waals surface area contributed by atoms with Crippen molar-refractivity contribution in [3.05, 3.63) is 28.2 Å². The lowest BCUT2D eigenvalue weighted by molar-refractivity contribution is -0.120. The van der Waals surface area contributed by atoms with Crippen molar-refractivity contribution in [2.24, 2.45) is 0 Å². The predicted octanol–water partition coefficient (Wildman–Crippen LogP) is 0.720. The Hall–Kier alpha value is -0.890. The van der Waals surface area contributed by atoms with Crippen molar-refractivity contribution in [1.29, 1.82) is 0 Å². The second-order valence-corrected chi connectivity index (χ2v) is 6.15. The molecule has 0 aliphatic carbocycles. The standard InChI is InChI=1S/C14H18Cl2N2O4/c15-8-1-2-9(16)10(5-8)17-13(21)3-4-18-6-11(19)14(22)12(20)7-18/h1-2,5,11-12,14,19-20,22H,3-4,6-7H2,(H,17,21)/t11-,12+,14?. The SMILES string of the molecule is O=C(CCN1C[C@@H](O)C(O)[C@@H](O)C1)Nc1cc(Cl)ccc1Cl. The van der Waals surface area contributed by atoms with E-state index in [9.17, 15) is 20.1 Å². The smallest absolute Gasteiger partial charge is 0.225 e. The third-order valence-electron chi connectivity index (χ3n) is 3.54. The summed E-state index contributed by atoms with van der Waals surface area (Å²) in [6, 6.07) is 4.78. The van der Waals surface area contributed by atoms with Crippen molar-refractivity contribution in [3.63, 3.8) is 0 Å². The van der Waals surface area contributed by atoms with Crippen LogP contribution in [0.3, 0.4) is 0 Å². The molecule has 1 amide bonds. The molecule has 1 heterocycles. The van der Waals surface area contributed by atoms with Gasteiger partial charge in [-0.1, -0.05) is 23.2 Å². The Morgan fingerprint density at radius 1 is 1.23 bits per heavy atom. The number of amides is 1. The largest absolute Gasteiger partial charge is 0.389 e. The minimum Gasteiger partial charge on any atom is -0.389 e. The van der Waals surface area contributed by atoms with E-state index >= 15 is 0 Å². The maximum atomic E-state index is 11.9. The van der Waals surface area contributed by atoms with E-state index in [1.54, 1.807) is 23.1 Å². The van der Waals surface area contributed by atoms with Gasteiger partial charge in [-0.05, 0) is 18.2 Å². The van der Waals surface area contributed by atoms with Crippen LogP contribution in [0.25, 0.3) is 0 Å². The number of carbonyl (C=O) groups excluding carboxylic acids is 1. The molecule has 1 saturated heterocycles. The van der Waals surface area contributed by atoms with Crippen LogP contribution in [0.1, 0.15) is 6.42 Å². The van der Waals surface area contributed by atoms with Gasteiger partial charge >= 0.3 is 0 Å². The zero-order valence-corrected chi connectivity index (χ0v) is 13.3. The van der Waals surface area contributed by atoms with E-state index in [-0.39, 0.29) is 25.4 Å². The number of carbonyl (C=O) groups is 1. The molecule has 0 radical (unpaired) electrons. The molecule has 1 aromatic carbocycles. The van der Waals surface area contributed by atoms with Gasteiger partial charge in [-0.3, -0.25) is 9.69 Å². The topological polar surface area (TPSA) is 93.0 Å². The van der Waals surface area contributed by atoms with Crippen LogP contribution in [-0.2, 0) is 4.79 Å². The molecule has 1 aliphatic heterocycles. The number of hydrogen-bond acceptors (Lipinski definition) is 5.